The molecule has 0 spiro atoms. The van der Waals surface area contributed by atoms with Crippen molar-refractivity contribution in [1.82, 2.24) is 4.98 Å². The Hall–Kier alpha value is -2.10. The quantitative estimate of drug-likeness (QED) is 0.750. The Morgan fingerprint density at radius 3 is 2.94 bits per heavy atom. The van der Waals surface area contributed by atoms with Gasteiger partial charge < -0.3 is 10.1 Å². The number of H-pyrrole nitrogens is 1. The zero-order chi connectivity index (χ0) is 11.7. The van der Waals surface area contributed by atoms with Gasteiger partial charge >= 0.3 is 5.97 Å². The van der Waals surface area contributed by atoms with Crippen LogP contribution >= 0.6 is 0 Å². The monoisotopic (exact) mass is 217 g/mol. The van der Waals surface area contributed by atoms with Crippen LogP contribution in [-0.4, -0.2) is 16.1 Å². The number of aromatic nitrogens is 1. The summed E-state index contributed by atoms with van der Waals surface area (Å²) in [6.07, 6.45) is 7.43. The third-order valence-corrected chi connectivity index (χ3v) is 2.51. The molecule has 4 nitrogen and oxygen atoms in total. The van der Waals surface area contributed by atoms with Crippen LogP contribution in [0.1, 0.15) is 28.5 Å². The molecule has 2 N–H and O–H groups in total. The second-order valence-electron chi connectivity index (χ2n) is 3.72. The lowest BCUT2D eigenvalue weighted by atomic mass is 10.1. The standard InChI is InChI=1S/C12H11NO3/c1-7-3-2-4-10-8(5-7)11(14)9(6-13-10)12(15)16/h2-3,5-6H,4H2,1H3,(H,13,14)(H,15,16). The summed E-state index contributed by atoms with van der Waals surface area (Å²) >= 11 is 0. The average Bonchev–Trinajstić information content (AvgIpc) is 2.40. The molecule has 0 radical (unpaired) electrons. The minimum atomic E-state index is -1.20. The Labute approximate surface area is 91.9 Å². The number of carbonyl (C=O) groups is 1. The van der Waals surface area contributed by atoms with Crippen molar-refractivity contribution in [2.24, 2.45) is 0 Å². The van der Waals surface area contributed by atoms with Gasteiger partial charge in [0.2, 0.25) is 5.43 Å². The Balaban J connectivity index is 2.71. The van der Waals surface area contributed by atoms with E-state index in [1.54, 1.807) is 6.08 Å². The number of rotatable bonds is 1. The van der Waals surface area contributed by atoms with E-state index in [9.17, 15) is 9.59 Å². The number of fused-ring (bicyclic) bond motifs is 1. The zero-order valence-corrected chi connectivity index (χ0v) is 8.78. The van der Waals surface area contributed by atoms with E-state index in [1.807, 2.05) is 19.1 Å². The average molecular weight is 217 g/mol. The highest BCUT2D eigenvalue weighted by Crippen LogP contribution is 2.14. The maximum Gasteiger partial charge on any atom is 0.341 e. The molecule has 0 bridgehead atoms. The summed E-state index contributed by atoms with van der Waals surface area (Å²) in [7, 11) is 0. The molecule has 0 aliphatic heterocycles. The van der Waals surface area contributed by atoms with Crippen molar-refractivity contribution in [3.63, 3.8) is 0 Å². The highest BCUT2D eigenvalue weighted by molar-refractivity contribution is 5.88. The van der Waals surface area contributed by atoms with E-state index in [0.717, 1.165) is 11.3 Å². The van der Waals surface area contributed by atoms with Crippen LogP contribution in [0, 0.1) is 0 Å². The van der Waals surface area contributed by atoms with Crippen molar-refractivity contribution in [1.29, 1.82) is 0 Å². The van der Waals surface area contributed by atoms with Gasteiger partial charge in [-0.05, 0) is 13.0 Å². The second kappa shape index (κ2) is 3.81. The fourth-order valence-corrected chi connectivity index (χ4v) is 1.70. The maximum absolute atomic E-state index is 11.9. The first-order valence-corrected chi connectivity index (χ1v) is 4.92. The number of aromatic amines is 1. The number of pyridine rings is 1. The summed E-state index contributed by atoms with van der Waals surface area (Å²) in [5, 5.41) is 8.85. The summed E-state index contributed by atoms with van der Waals surface area (Å²) in [6.45, 7) is 1.87. The predicted octanol–water partition coefficient (Wildman–Crippen LogP) is 1.59. The van der Waals surface area contributed by atoms with Crippen LogP contribution in [0.5, 0.6) is 0 Å². The van der Waals surface area contributed by atoms with Gasteiger partial charge in [-0.3, -0.25) is 4.79 Å². The number of allylic oxidation sites excluding steroid dienone is 3. The molecule has 1 aliphatic rings. The number of carboxylic acid groups (broad SMARTS) is 1. The van der Waals surface area contributed by atoms with E-state index in [1.165, 1.54) is 6.20 Å². The molecule has 1 aromatic heterocycles. The molecule has 1 heterocycles. The molecule has 0 amide bonds. The number of hydrogen-bond acceptors (Lipinski definition) is 2. The van der Waals surface area contributed by atoms with Gasteiger partial charge in [0.15, 0.2) is 0 Å². The largest absolute Gasteiger partial charge is 0.477 e. The Kier molecular flexibility index (Phi) is 2.48. The normalized spacial score (nSPS) is 13.9. The topological polar surface area (TPSA) is 70.2 Å². The van der Waals surface area contributed by atoms with Crippen LogP contribution in [0.15, 0.2) is 28.7 Å². The van der Waals surface area contributed by atoms with Gasteiger partial charge in [-0.2, -0.15) is 0 Å². The summed E-state index contributed by atoms with van der Waals surface area (Å²) in [5.74, 6) is -1.20. The molecule has 1 aliphatic carbocycles. The molecule has 2 rings (SSSR count). The molecule has 0 fully saturated rings. The molecule has 0 saturated heterocycles. The summed E-state index contributed by atoms with van der Waals surface area (Å²) in [6, 6.07) is 0. The summed E-state index contributed by atoms with van der Waals surface area (Å²) in [4.78, 5) is 25.6. The molecule has 1 aromatic rings. The second-order valence-corrected chi connectivity index (χ2v) is 3.72. The molecule has 16 heavy (non-hydrogen) atoms. The Morgan fingerprint density at radius 1 is 1.50 bits per heavy atom. The lowest BCUT2D eigenvalue weighted by Crippen LogP contribution is -2.19. The smallest absolute Gasteiger partial charge is 0.341 e. The van der Waals surface area contributed by atoms with Gasteiger partial charge in [0, 0.05) is 23.9 Å². The lowest BCUT2D eigenvalue weighted by Gasteiger charge is -2.03. The number of carboxylic acids is 1. The minimum Gasteiger partial charge on any atom is -0.477 e. The molecule has 0 aromatic carbocycles. The molecule has 4 heteroatoms. The van der Waals surface area contributed by atoms with Crippen molar-refractivity contribution in [3.05, 3.63) is 51.0 Å². The number of nitrogens with one attached hydrogen (secondary N) is 1. The van der Waals surface area contributed by atoms with E-state index in [-0.39, 0.29) is 5.56 Å². The van der Waals surface area contributed by atoms with E-state index in [4.69, 9.17) is 5.11 Å². The Bertz CT molecular complexity index is 564. The number of hydrogen-bond donors (Lipinski definition) is 2. The first-order chi connectivity index (χ1) is 7.59. The van der Waals surface area contributed by atoms with E-state index < -0.39 is 11.4 Å². The van der Waals surface area contributed by atoms with Crippen LogP contribution < -0.4 is 5.43 Å². The fourth-order valence-electron chi connectivity index (χ4n) is 1.70. The van der Waals surface area contributed by atoms with Crippen molar-refractivity contribution < 1.29 is 9.90 Å². The van der Waals surface area contributed by atoms with Gasteiger partial charge in [-0.25, -0.2) is 4.79 Å². The zero-order valence-electron chi connectivity index (χ0n) is 8.78. The highest BCUT2D eigenvalue weighted by atomic mass is 16.4. The van der Waals surface area contributed by atoms with Gasteiger partial charge in [0.05, 0.1) is 0 Å². The number of aromatic carboxylic acids is 1. The molecule has 82 valence electrons. The van der Waals surface area contributed by atoms with Gasteiger partial charge in [-0.15, -0.1) is 0 Å². The van der Waals surface area contributed by atoms with Crippen molar-refractivity contribution >= 4 is 12.0 Å². The lowest BCUT2D eigenvalue weighted by molar-refractivity contribution is 0.0695. The third-order valence-electron chi connectivity index (χ3n) is 2.51. The minimum absolute atomic E-state index is 0.218. The SMILES string of the molecule is CC1=Cc2c([nH]cc(C(=O)O)c2=O)CC=C1. The van der Waals surface area contributed by atoms with Crippen molar-refractivity contribution in [2.45, 2.75) is 13.3 Å². The third kappa shape index (κ3) is 1.69. The van der Waals surface area contributed by atoms with Crippen LogP contribution in [0.2, 0.25) is 0 Å². The predicted molar refractivity (Wildman–Crippen MR) is 60.5 cm³/mol. The first-order valence-electron chi connectivity index (χ1n) is 4.92. The molecular formula is C12H11NO3. The van der Waals surface area contributed by atoms with E-state index in [0.29, 0.717) is 12.0 Å². The van der Waals surface area contributed by atoms with E-state index in [2.05, 4.69) is 4.98 Å². The molecule has 0 unspecified atom stereocenters. The van der Waals surface area contributed by atoms with Crippen LogP contribution in [0.25, 0.3) is 6.08 Å². The molecular weight excluding hydrogens is 206 g/mol. The van der Waals surface area contributed by atoms with Crippen molar-refractivity contribution in [2.75, 3.05) is 0 Å². The summed E-state index contributed by atoms with van der Waals surface area (Å²) < 4.78 is 0. The van der Waals surface area contributed by atoms with Crippen LogP contribution in [0.4, 0.5) is 0 Å². The Morgan fingerprint density at radius 2 is 2.25 bits per heavy atom. The van der Waals surface area contributed by atoms with Gasteiger partial charge in [0.25, 0.3) is 0 Å². The van der Waals surface area contributed by atoms with Gasteiger partial charge in [0.1, 0.15) is 5.56 Å². The van der Waals surface area contributed by atoms with Gasteiger partial charge in [-0.1, -0.05) is 17.7 Å². The molecule has 0 saturated carbocycles. The van der Waals surface area contributed by atoms with Crippen molar-refractivity contribution in [3.8, 4) is 0 Å². The molecule has 0 atom stereocenters. The first kappa shape index (κ1) is 10.4. The van der Waals surface area contributed by atoms with Crippen LogP contribution in [0.3, 0.4) is 0 Å². The highest BCUT2D eigenvalue weighted by Gasteiger charge is 2.15. The van der Waals surface area contributed by atoms with E-state index >= 15 is 0 Å². The maximum atomic E-state index is 11.9. The fraction of sp³-hybridized carbons (Fsp3) is 0.167. The summed E-state index contributed by atoms with van der Waals surface area (Å²) in [5.41, 5.74) is 1.49. The van der Waals surface area contributed by atoms with Crippen LogP contribution in [-0.2, 0) is 6.42 Å².